The largest absolute Gasteiger partial charge is 0.296 e. The molecular formula is C15H14FNO. The number of carbonyl (C=O) groups is 1. The average molecular weight is 243 g/mol. The molecule has 0 saturated carbocycles. The highest BCUT2D eigenvalue weighted by Crippen LogP contribution is 2.21. The van der Waals surface area contributed by atoms with E-state index >= 15 is 0 Å². The molecule has 2 rings (SSSR count). The maximum absolute atomic E-state index is 12.8. The molecule has 3 heteroatoms. The Morgan fingerprint density at radius 1 is 1.28 bits per heavy atom. The topological polar surface area (TPSA) is 30.0 Å². The molecular weight excluding hydrogens is 229 g/mol. The normalized spacial score (nSPS) is 12.1. The number of rotatable bonds is 4. The Morgan fingerprint density at radius 3 is 2.67 bits per heavy atom. The van der Waals surface area contributed by atoms with Gasteiger partial charge in [0.15, 0.2) is 6.29 Å². The molecule has 0 fully saturated rings. The van der Waals surface area contributed by atoms with Gasteiger partial charge in [0, 0.05) is 6.20 Å². The van der Waals surface area contributed by atoms with Crippen LogP contribution in [0.3, 0.4) is 0 Å². The summed E-state index contributed by atoms with van der Waals surface area (Å²) in [6.45, 7) is 2.04. The number of halogens is 1. The van der Waals surface area contributed by atoms with Crippen LogP contribution in [0.5, 0.6) is 0 Å². The fourth-order valence-electron chi connectivity index (χ4n) is 2.03. The summed E-state index contributed by atoms with van der Waals surface area (Å²) in [4.78, 5) is 15.0. The van der Waals surface area contributed by atoms with Crippen LogP contribution in [-0.4, -0.2) is 11.3 Å². The zero-order chi connectivity index (χ0) is 13.0. The van der Waals surface area contributed by atoms with Gasteiger partial charge in [0.05, 0.1) is 0 Å². The first-order chi connectivity index (χ1) is 8.70. The third-order valence-electron chi connectivity index (χ3n) is 2.97. The van der Waals surface area contributed by atoms with Crippen molar-refractivity contribution < 1.29 is 9.18 Å². The zero-order valence-corrected chi connectivity index (χ0v) is 10.1. The second-order valence-electron chi connectivity index (χ2n) is 4.33. The van der Waals surface area contributed by atoms with Gasteiger partial charge >= 0.3 is 0 Å². The van der Waals surface area contributed by atoms with Gasteiger partial charge < -0.3 is 0 Å². The minimum absolute atomic E-state index is 0.171. The molecule has 0 spiro atoms. The van der Waals surface area contributed by atoms with E-state index in [-0.39, 0.29) is 11.7 Å². The molecule has 0 N–H and O–H groups in total. The first-order valence-electron chi connectivity index (χ1n) is 5.85. The Bertz CT molecular complexity index is 536. The number of benzene rings is 1. The first kappa shape index (κ1) is 12.4. The molecule has 92 valence electrons. The van der Waals surface area contributed by atoms with Gasteiger partial charge in [-0.3, -0.25) is 9.78 Å². The monoisotopic (exact) mass is 243 g/mol. The third-order valence-corrected chi connectivity index (χ3v) is 2.97. The summed E-state index contributed by atoms with van der Waals surface area (Å²) in [6.07, 6.45) is 3.14. The van der Waals surface area contributed by atoms with Crippen LogP contribution in [0.25, 0.3) is 0 Å². The van der Waals surface area contributed by atoms with Gasteiger partial charge in [0.2, 0.25) is 0 Å². The van der Waals surface area contributed by atoms with Crippen molar-refractivity contribution in [3.63, 3.8) is 0 Å². The van der Waals surface area contributed by atoms with Crippen LogP contribution >= 0.6 is 0 Å². The maximum atomic E-state index is 12.8. The van der Waals surface area contributed by atoms with E-state index in [9.17, 15) is 9.18 Å². The zero-order valence-electron chi connectivity index (χ0n) is 10.1. The van der Waals surface area contributed by atoms with Gasteiger partial charge in [0.1, 0.15) is 11.5 Å². The molecule has 1 aromatic heterocycles. The summed E-state index contributed by atoms with van der Waals surface area (Å²) in [5.41, 5.74) is 2.45. The minimum Gasteiger partial charge on any atom is -0.296 e. The molecule has 1 heterocycles. The van der Waals surface area contributed by atoms with E-state index in [0.717, 1.165) is 23.8 Å². The van der Waals surface area contributed by atoms with E-state index in [1.165, 1.54) is 12.1 Å². The fraction of sp³-hybridized carbons (Fsp3) is 0.200. The van der Waals surface area contributed by atoms with Crippen molar-refractivity contribution in [3.8, 4) is 0 Å². The van der Waals surface area contributed by atoms with Crippen molar-refractivity contribution in [1.82, 2.24) is 4.98 Å². The number of pyridine rings is 1. The van der Waals surface area contributed by atoms with Crippen molar-refractivity contribution in [2.24, 2.45) is 0 Å². The molecule has 1 atom stereocenters. The maximum Gasteiger partial charge on any atom is 0.168 e. The number of carbonyl (C=O) groups excluding carboxylic acids is 1. The molecule has 2 aromatic rings. The molecule has 0 radical (unpaired) electrons. The van der Waals surface area contributed by atoms with Crippen LogP contribution in [-0.2, 0) is 6.42 Å². The van der Waals surface area contributed by atoms with E-state index in [1.807, 2.05) is 19.1 Å². The van der Waals surface area contributed by atoms with Gasteiger partial charge in [-0.15, -0.1) is 0 Å². The van der Waals surface area contributed by atoms with Crippen molar-refractivity contribution in [1.29, 1.82) is 0 Å². The highest BCUT2D eigenvalue weighted by Gasteiger charge is 2.11. The fourth-order valence-corrected chi connectivity index (χ4v) is 2.03. The highest BCUT2D eigenvalue weighted by molar-refractivity contribution is 5.74. The first-order valence-corrected chi connectivity index (χ1v) is 5.85. The Balaban J connectivity index is 2.19. The predicted molar refractivity (Wildman–Crippen MR) is 68.1 cm³/mol. The number of aromatic nitrogens is 1. The summed E-state index contributed by atoms with van der Waals surface area (Å²) in [5.74, 6) is -0.0641. The van der Waals surface area contributed by atoms with Crippen LogP contribution < -0.4 is 0 Å². The Labute approximate surface area is 105 Å². The van der Waals surface area contributed by atoms with E-state index in [2.05, 4.69) is 4.98 Å². The number of aldehydes is 1. The molecule has 2 nitrogen and oxygen atoms in total. The summed E-state index contributed by atoms with van der Waals surface area (Å²) in [5, 5.41) is 0. The lowest BCUT2D eigenvalue weighted by Gasteiger charge is -2.13. The Kier molecular flexibility index (Phi) is 3.82. The van der Waals surface area contributed by atoms with Crippen molar-refractivity contribution in [2.75, 3.05) is 0 Å². The lowest BCUT2D eigenvalue weighted by molar-refractivity contribution is 0.111. The van der Waals surface area contributed by atoms with E-state index < -0.39 is 0 Å². The van der Waals surface area contributed by atoms with Gasteiger partial charge in [-0.2, -0.15) is 0 Å². The van der Waals surface area contributed by atoms with Gasteiger partial charge in [-0.25, -0.2) is 4.39 Å². The average Bonchev–Trinajstić information content (AvgIpc) is 2.41. The second kappa shape index (κ2) is 5.54. The molecule has 1 unspecified atom stereocenters. The molecule has 0 bridgehead atoms. The number of nitrogens with zero attached hydrogens (tertiary/aromatic N) is 1. The van der Waals surface area contributed by atoms with Gasteiger partial charge in [0.25, 0.3) is 0 Å². The van der Waals surface area contributed by atoms with E-state index in [0.29, 0.717) is 5.69 Å². The lowest BCUT2D eigenvalue weighted by Crippen LogP contribution is -2.04. The van der Waals surface area contributed by atoms with Gasteiger partial charge in [-0.1, -0.05) is 25.1 Å². The number of hydrogen-bond acceptors (Lipinski definition) is 2. The van der Waals surface area contributed by atoms with Crippen LogP contribution in [0, 0.1) is 5.82 Å². The lowest BCUT2D eigenvalue weighted by atomic mass is 9.93. The number of hydrogen-bond donors (Lipinski definition) is 0. The molecule has 18 heavy (non-hydrogen) atoms. The quantitative estimate of drug-likeness (QED) is 0.770. The molecule has 0 aliphatic rings. The van der Waals surface area contributed by atoms with Crippen molar-refractivity contribution >= 4 is 6.29 Å². The Hall–Kier alpha value is -2.03. The summed E-state index contributed by atoms with van der Waals surface area (Å²) in [7, 11) is 0. The molecule has 0 aliphatic carbocycles. The van der Waals surface area contributed by atoms with E-state index in [1.54, 1.807) is 18.3 Å². The SMILES string of the molecule is CC(Cc1ccc(F)cc1)c1cccnc1C=O. The van der Waals surface area contributed by atoms with Gasteiger partial charge in [-0.05, 0) is 41.7 Å². The summed E-state index contributed by atoms with van der Waals surface area (Å²) in [6, 6.07) is 10.2. The molecule has 1 aromatic carbocycles. The van der Waals surface area contributed by atoms with Crippen molar-refractivity contribution in [2.45, 2.75) is 19.3 Å². The Morgan fingerprint density at radius 2 is 2.00 bits per heavy atom. The third kappa shape index (κ3) is 2.80. The standard InChI is InChI=1S/C15H14FNO/c1-11(9-12-4-6-13(16)7-5-12)14-3-2-8-17-15(14)10-18/h2-8,10-11H,9H2,1H3. The van der Waals surface area contributed by atoms with Crippen molar-refractivity contribution in [3.05, 3.63) is 65.2 Å². The predicted octanol–water partition coefficient (Wildman–Crippen LogP) is 3.38. The van der Waals surface area contributed by atoms with Crippen LogP contribution in [0.15, 0.2) is 42.6 Å². The molecule has 0 saturated heterocycles. The summed E-state index contributed by atoms with van der Waals surface area (Å²) < 4.78 is 12.8. The van der Waals surface area contributed by atoms with Crippen LogP contribution in [0.2, 0.25) is 0 Å². The molecule has 0 amide bonds. The minimum atomic E-state index is -0.235. The van der Waals surface area contributed by atoms with E-state index in [4.69, 9.17) is 0 Å². The highest BCUT2D eigenvalue weighted by atomic mass is 19.1. The summed E-state index contributed by atoms with van der Waals surface area (Å²) >= 11 is 0. The smallest absolute Gasteiger partial charge is 0.168 e. The van der Waals surface area contributed by atoms with Crippen LogP contribution in [0.4, 0.5) is 4.39 Å². The molecule has 0 aliphatic heterocycles. The second-order valence-corrected chi connectivity index (χ2v) is 4.33. The van der Waals surface area contributed by atoms with Crippen LogP contribution in [0.1, 0.15) is 34.5 Å².